The molecule has 0 saturated heterocycles. The van der Waals surface area contributed by atoms with Crippen LogP contribution in [0, 0.1) is 13.8 Å². The third kappa shape index (κ3) is 3.16. The van der Waals surface area contributed by atoms with Gasteiger partial charge in [0.25, 0.3) is 0 Å². The molecule has 0 fully saturated rings. The number of allylic oxidation sites excluding steroid dienone is 2. The average Bonchev–Trinajstić information content (AvgIpc) is 2.69. The lowest BCUT2D eigenvalue weighted by atomic mass is 9.91. The quantitative estimate of drug-likeness (QED) is 0.669. The second-order valence-electron chi connectivity index (χ2n) is 6.57. The van der Waals surface area contributed by atoms with E-state index in [1.807, 2.05) is 30.6 Å². The minimum Gasteiger partial charge on any atom is -0.342 e. The van der Waals surface area contributed by atoms with E-state index in [1.54, 1.807) is 6.20 Å². The summed E-state index contributed by atoms with van der Waals surface area (Å²) < 4.78 is 0. The van der Waals surface area contributed by atoms with Crippen LogP contribution in [0.15, 0.2) is 79.4 Å². The van der Waals surface area contributed by atoms with Crippen molar-refractivity contribution in [2.75, 3.05) is 11.4 Å². The summed E-state index contributed by atoms with van der Waals surface area (Å²) in [6.45, 7) is 5.17. The molecule has 0 saturated carbocycles. The molecule has 1 aromatic carbocycles. The zero-order valence-corrected chi connectivity index (χ0v) is 15.1. The second kappa shape index (κ2) is 6.96. The van der Waals surface area contributed by atoms with Crippen molar-refractivity contribution in [2.24, 2.45) is 0 Å². The fourth-order valence-electron chi connectivity index (χ4n) is 3.50. The Morgan fingerprint density at radius 1 is 0.885 bits per heavy atom. The molecule has 0 N–H and O–H groups in total. The van der Waals surface area contributed by atoms with Gasteiger partial charge < -0.3 is 4.90 Å². The number of hydrogen-bond acceptors (Lipinski definition) is 3. The number of rotatable bonds is 3. The Morgan fingerprint density at radius 3 is 2.42 bits per heavy atom. The molecule has 0 radical (unpaired) electrons. The van der Waals surface area contributed by atoms with E-state index in [-0.39, 0.29) is 0 Å². The summed E-state index contributed by atoms with van der Waals surface area (Å²) in [6, 6.07) is 16.6. The van der Waals surface area contributed by atoms with Gasteiger partial charge in [0, 0.05) is 30.7 Å². The van der Waals surface area contributed by atoms with E-state index >= 15 is 0 Å². The highest BCUT2D eigenvalue weighted by molar-refractivity contribution is 5.90. The first-order chi connectivity index (χ1) is 12.7. The van der Waals surface area contributed by atoms with E-state index < -0.39 is 0 Å². The van der Waals surface area contributed by atoms with Crippen molar-refractivity contribution in [1.29, 1.82) is 0 Å². The normalized spacial score (nSPS) is 14.0. The number of hydrogen-bond donors (Lipinski definition) is 0. The number of benzene rings is 1. The maximum absolute atomic E-state index is 4.55. The van der Waals surface area contributed by atoms with Crippen molar-refractivity contribution in [1.82, 2.24) is 9.97 Å². The Morgan fingerprint density at radius 2 is 1.73 bits per heavy atom. The van der Waals surface area contributed by atoms with Crippen LogP contribution < -0.4 is 4.90 Å². The number of pyridine rings is 2. The van der Waals surface area contributed by atoms with Crippen molar-refractivity contribution in [3.05, 3.63) is 102 Å². The first-order valence-electron chi connectivity index (χ1n) is 8.79. The van der Waals surface area contributed by atoms with Crippen molar-refractivity contribution in [3.8, 4) is 0 Å². The first-order valence-corrected chi connectivity index (χ1v) is 8.79. The SMILES string of the molecule is Cc1cccc(C)c1C1=CC(c2ccccn2)=CN(c2cccnc2)C1. The standard InChI is InChI=1S/C23H21N3/c1-17-7-5-8-18(2)23(17)20-13-19(22-10-3-4-12-25-22)15-26(16-20)21-9-6-11-24-14-21/h3-15H,16H2,1-2H3. The molecule has 3 nitrogen and oxygen atoms in total. The topological polar surface area (TPSA) is 29.0 Å². The minimum atomic E-state index is 0.813. The highest BCUT2D eigenvalue weighted by Gasteiger charge is 2.19. The van der Waals surface area contributed by atoms with Crippen LogP contribution in [0.25, 0.3) is 11.1 Å². The summed E-state index contributed by atoms with van der Waals surface area (Å²) in [7, 11) is 0. The lowest BCUT2D eigenvalue weighted by Crippen LogP contribution is -2.23. The third-order valence-corrected chi connectivity index (χ3v) is 4.71. The van der Waals surface area contributed by atoms with Gasteiger partial charge in [0.2, 0.25) is 0 Å². The minimum absolute atomic E-state index is 0.813. The molecule has 1 aliphatic rings. The molecule has 0 aliphatic carbocycles. The van der Waals surface area contributed by atoms with Crippen molar-refractivity contribution >= 4 is 16.8 Å². The van der Waals surface area contributed by atoms with Crippen LogP contribution in [-0.2, 0) is 0 Å². The molecule has 26 heavy (non-hydrogen) atoms. The highest BCUT2D eigenvalue weighted by Crippen LogP contribution is 2.32. The molecule has 0 unspecified atom stereocenters. The molecule has 2 aromatic heterocycles. The molecule has 3 aromatic rings. The van der Waals surface area contributed by atoms with E-state index in [1.165, 1.54) is 22.3 Å². The maximum atomic E-state index is 4.55. The number of anilines is 1. The highest BCUT2D eigenvalue weighted by atomic mass is 15.1. The molecule has 0 atom stereocenters. The zero-order chi connectivity index (χ0) is 17.9. The fourth-order valence-corrected chi connectivity index (χ4v) is 3.50. The predicted octanol–water partition coefficient (Wildman–Crippen LogP) is 5.04. The average molecular weight is 339 g/mol. The summed E-state index contributed by atoms with van der Waals surface area (Å²) in [6.07, 6.45) is 9.98. The molecule has 0 bridgehead atoms. The summed E-state index contributed by atoms with van der Waals surface area (Å²) in [5.74, 6) is 0. The van der Waals surface area contributed by atoms with Crippen molar-refractivity contribution in [2.45, 2.75) is 13.8 Å². The van der Waals surface area contributed by atoms with Crippen LogP contribution in [0.2, 0.25) is 0 Å². The molecule has 3 heteroatoms. The molecule has 3 heterocycles. The van der Waals surface area contributed by atoms with Crippen LogP contribution >= 0.6 is 0 Å². The van der Waals surface area contributed by atoms with Gasteiger partial charge in [-0.3, -0.25) is 9.97 Å². The fraction of sp³-hybridized carbons (Fsp3) is 0.130. The summed E-state index contributed by atoms with van der Waals surface area (Å²) in [5, 5.41) is 0. The van der Waals surface area contributed by atoms with Gasteiger partial charge in [0.1, 0.15) is 0 Å². The van der Waals surface area contributed by atoms with Gasteiger partial charge in [-0.15, -0.1) is 0 Å². The number of aromatic nitrogens is 2. The predicted molar refractivity (Wildman–Crippen MR) is 108 cm³/mol. The smallest absolute Gasteiger partial charge is 0.0716 e. The molecular weight excluding hydrogens is 318 g/mol. The van der Waals surface area contributed by atoms with Crippen LogP contribution in [0.5, 0.6) is 0 Å². The Bertz CT molecular complexity index is 953. The van der Waals surface area contributed by atoms with E-state index in [0.717, 1.165) is 23.5 Å². The van der Waals surface area contributed by atoms with Crippen LogP contribution in [0.3, 0.4) is 0 Å². The van der Waals surface area contributed by atoms with E-state index in [4.69, 9.17) is 0 Å². The van der Waals surface area contributed by atoms with Gasteiger partial charge in [-0.25, -0.2) is 0 Å². The Balaban J connectivity index is 1.84. The van der Waals surface area contributed by atoms with Crippen LogP contribution in [0.1, 0.15) is 22.4 Å². The summed E-state index contributed by atoms with van der Waals surface area (Å²) in [4.78, 5) is 11.1. The van der Waals surface area contributed by atoms with Crippen LogP contribution in [-0.4, -0.2) is 16.5 Å². The van der Waals surface area contributed by atoms with Gasteiger partial charge in [-0.1, -0.05) is 24.3 Å². The largest absolute Gasteiger partial charge is 0.342 e. The maximum Gasteiger partial charge on any atom is 0.0716 e. The van der Waals surface area contributed by atoms with Gasteiger partial charge >= 0.3 is 0 Å². The van der Waals surface area contributed by atoms with Gasteiger partial charge in [0.05, 0.1) is 17.6 Å². The van der Waals surface area contributed by atoms with Crippen LogP contribution in [0.4, 0.5) is 5.69 Å². The molecule has 1 aliphatic heterocycles. The number of aryl methyl sites for hydroxylation is 2. The monoisotopic (exact) mass is 339 g/mol. The summed E-state index contributed by atoms with van der Waals surface area (Å²) in [5.41, 5.74) is 8.38. The van der Waals surface area contributed by atoms with Gasteiger partial charge in [-0.05, 0) is 66.5 Å². The summed E-state index contributed by atoms with van der Waals surface area (Å²) >= 11 is 0. The second-order valence-corrected chi connectivity index (χ2v) is 6.57. The van der Waals surface area contributed by atoms with Crippen molar-refractivity contribution in [3.63, 3.8) is 0 Å². The molecule has 128 valence electrons. The Kier molecular flexibility index (Phi) is 4.36. The molecule has 0 spiro atoms. The number of nitrogens with zero attached hydrogens (tertiary/aromatic N) is 3. The zero-order valence-electron chi connectivity index (χ0n) is 15.1. The lowest BCUT2D eigenvalue weighted by molar-refractivity contribution is 1.07. The molecule has 4 rings (SSSR count). The lowest BCUT2D eigenvalue weighted by Gasteiger charge is -2.28. The van der Waals surface area contributed by atoms with Crippen molar-refractivity contribution < 1.29 is 0 Å². The Labute approximate surface area is 154 Å². The third-order valence-electron chi connectivity index (χ3n) is 4.71. The van der Waals surface area contributed by atoms with Gasteiger partial charge in [0.15, 0.2) is 0 Å². The molecular formula is C23H21N3. The molecule has 0 amide bonds. The first kappa shape index (κ1) is 16.3. The van der Waals surface area contributed by atoms with E-state index in [9.17, 15) is 0 Å². The van der Waals surface area contributed by atoms with E-state index in [0.29, 0.717) is 0 Å². The van der Waals surface area contributed by atoms with E-state index in [2.05, 4.69) is 71.3 Å². The van der Waals surface area contributed by atoms with Gasteiger partial charge in [-0.2, -0.15) is 0 Å². The Hall–Kier alpha value is -3.20.